The van der Waals surface area contributed by atoms with Gasteiger partial charge < -0.3 is 19.7 Å². The monoisotopic (exact) mass is 347 g/mol. The Bertz CT molecular complexity index is 544. The SMILES string of the molecule is C=CCCCCCN(C)C(=NC)NCCc1ccc(OC)c(OC)c1. The Morgan fingerprint density at radius 1 is 1.20 bits per heavy atom. The summed E-state index contributed by atoms with van der Waals surface area (Å²) in [5.74, 6) is 2.46. The Morgan fingerprint density at radius 3 is 2.60 bits per heavy atom. The number of unbranched alkanes of at least 4 members (excludes halogenated alkanes) is 3. The predicted molar refractivity (Wildman–Crippen MR) is 106 cm³/mol. The summed E-state index contributed by atoms with van der Waals surface area (Å²) in [7, 11) is 7.22. The Morgan fingerprint density at radius 2 is 1.96 bits per heavy atom. The van der Waals surface area contributed by atoms with E-state index in [-0.39, 0.29) is 0 Å². The number of methoxy groups -OCH3 is 2. The molecule has 1 aromatic carbocycles. The van der Waals surface area contributed by atoms with E-state index in [1.165, 1.54) is 24.8 Å². The molecule has 5 nitrogen and oxygen atoms in total. The summed E-state index contributed by atoms with van der Waals surface area (Å²) in [5, 5.41) is 3.42. The van der Waals surface area contributed by atoms with Gasteiger partial charge >= 0.3 is 0 Å². The Labute approximate surface area is 152 Å². The highest BCUT2D eigenvalue weighted by atomic mass is 16.5. The van der Waals surface area contributed by atoms with Gasteiger partial charge in [0, 0.05) is 27.2 Å². The molecule has 0 atom stereocenters. The first-order chi connectivity index (χ1) is 12.2. The Kier molecular flexibility index (Phi) is 10.2. The van der Waals surface area contributed by atoms with Crippen LogP contribution in [0.5, 0.6) is 11.5 Å². The third kappa shape index (κ3) is 7.50. The van der Waals surface area contributed by atoms with E-state index in [0.29, 0.717) is 0 Å². The van der Waals surface area contributed by atoms with Crippen LogP contribution in [0.3, 0.4) is 0 Å². The van der Waals surface area contributed by atoms with Gasteiger partial charge in [0.05, 0.1) is 14.2 Å². The maximum Gasteiger partial charge on any atom is 0.193 e. The van der Waals surface area contributed by atoms with Crippen LogP contribution in [-0.2, 0) is 6.42 Å². The topological polar surface area (TPSA) is 46.1 Å². The lowest BCUT2D eigenvalue weighted by atomic mass is 10.1. The number of nitrogens with zero attached hydrogens (tertiary/aromatic N) is 2. The Hall–Kier alpha value is -2.17. The average molecular weight is 348 g/mol. The van der Waals surface area contributed by atoms with E-state index < -0.39 is 0 Å². The van der Waals surface area contributed by atoms with Crippen molar-refractivity contribution in [3.63, 3.8) is 0 Å². The van der Waals surface area contributed by atoms with Crippen LogP contribution in [0.15, 0.2) is 35.8 Å². The second-order valence-corrected chi connectivity index (χ2v) is 5.97. The van der Waals surface area contributed by atoms with Crippen LogP contribution in [0.1, 0.15) is 31.2 Å². The average Bonchev–Trinajstić information content (AvgIpc) is 2.64. The molecule has 1 rings (SSSR count). The van der Waals surface area contributed by atoms with E-state index in [2.05, 4.69) is 34.9 Å². The van der Waals surface area contributed by atoms with Crippen molar-refractivity contribution in [2.24, 2.45) is 4.99 Å². The van der Waals surface area contributed by atoms with Gasteiger partial charge in [-0.1, -0.05) is 18.6 Å². The largest absolute Gasteiger partial charge is 0.493 e. The molecule has 0 unspecified atom stereocenters. The molecule has 1 N–H and O–H groups in total. The molecule has 0 radical (unpaired) electrons. The van der Waals surface area contributed by atoms with Gasteiger partial charge in [0.15, 0.2) is 17.5 Å². The van der Waals surface area contributed by atoms with Gasteiger partial charge in [-0.25, -0.2) is 0 Å². The number of nitrogens with one attached hydrogen (secondary N) is 1. The predicted octanol–water partition coefficient (Wildman–Crippen LogP) is 3.50. The highest BCUT2D eigenvalue weighted by Crippen LogP contribution is 2.27. The quantitative estimate of drug-likeness (QED) is 0.288. The second-order valence-electron chi connectivity index (χ2n) is 5.97. The first-order valence-corrected chi connectivity index (χ1v) is 8.89. The van der Waals surface area contributed by atoms with Crippen molar-refractivity contribution in [2.75, 3.05) is 41.4 Å². The van der Waals surface area contributed by atoms with Crippen molar-refractivity contribution in [3.8, 4) is 11.5 Å². The zero-order valence-electron chi connectivity index (χ0n) is 16.2. The standard InChI is InChI=1S/C20H33N3O2/c1-6-7-8-9-10-15-23(3)20(21-2)22-14-13-17-11-12-18(24-4)19(16-17)25-5/h6,11-12,16H,1,7-10,13-15H2,2-5H3,(H,21,22). The fourth-order valence-electron chi connectivity index (χ4n) is 2.66. The van der Waals surface area contributed by atoms with Crippen molar-refractivity contribution in [1.29, 1.82) is 0 Å². The summed E-state index contributed by atoms with van der Waals surface area (Å²) in [6.45, 7) is 5.59. The fourth-order valence-corrected chi connectivity index (χ4v) is 2.66. The lowest BCUT2D eigenvalue weighted by Crippen LogP contribution is -2.40. The molecule has 5 heteroatoms. The van der Waals surface area contributed by atoms with Crippen LogP contribution in [0.25, 0.3) is 0 Å². The molecular formula is C20H33N3O2. The van der Waals surface area contributed by atoms with E-state index in [1.54, 1.807) is 14.2 Å². The van der Waals surface area contributed by atoms with Crippen LogP contribution < -0.4 is 14.8 Å². The van der Waals surface area contributed by atoms with Crippen molar-refractivity contribution >= 4 is 5.96 Å². The fraction of sp³-hybridized carbons (Fsp3) is 0.550. The lowest BCUT2D eigenvalue weighted by molar-refractivity contribution is 0.354. The molecule has 1 aromatic rings. The highest BCUT2D eigenvalue weighted by Gasteiger charge is 2.07. The number of ether oxygens (including phenoxy) is 2. The van der Waals surface area contributed by atoms with Gasteiger partial charge in [0.1, 0.15) is 0 Å². The van der Waals surface area contributed by atoms with Gasteiger partial charge in [0.25, 0.3) is 0 Å². The third-order valence-corrected chi connectivity index (χ3v) is 4.12. The molecule has 0 spiro atoms. The van der Waals surface area contributed by atoms with E-state index in [1.807, 2.05) is 25.3 Å². The Balaban J connectivity index is 2.40. The van der Waals surface area contributed by atoms with E-state index >= 15 is 0 Å². The van der Waals surface area contributed by atoms with Crippen molar-refractivity contribution in [3.05, 3.63) is 36.4 Å². The molecule has 140 valence electrons. The molecule has 0 fully saturated rings. The maximum atomic E-state index is 5.35. The van der Waals surface area contributed by atoms with Gasteiger partial charge in [-0.3, -0.25) is 4.99 Å². The van der Waals surface area contributed by atoms with Crippen LogP contribution in [-0.4, -0.2) is 52.3 Å². The van der Waals surface area contributed by atoms with E-state index in [9.17, 15) is 0 Å². The molecule has 0 aliphatic heterocycles. The lowest BCUT2D eigenvalue weighted by Gasteiger charge is -2.22. The summed E-state index contributed by atoms with van der Waals surface area (Å²) in [6, 6.07) is 6.03. The molecule has 0 aromatic heterocycles. The molecule has 0 saturated carbocycles. The molecule has 0 aliphatic carbocycles. The third-order valence-electron chi connectivity index (χ3n) is 4.12. The molecule has 0 bridgehead atoms. The number of aliphatic imine (C=N–C) groups is 1. The number of hydrogen-bond donors (Lipinski definition) is 1. The molecule has 0 amide bonds. The second kappa shape index (κ2) is 12.2. The smallest absolute Gasteiger partial charge is 0.193 e. The molecule has 25 heavy (non-hydrogen) atoms. The summed E-state index contributed by atoms with van der Waals surface area (Å²) in [5.41, 5.74) is 1.20. The maximum absolute atomic E-state index is 5.35. The van der Waals surface area contributed by atoms with Crippen molar-refractivity contribution in [1.82, 2.24) is 10.2 Å². The zero-order chi connectivity index (χ0) is 18.5. The molecular weight excluding hydrogens is 314 g/mol. The van der Waals surface area contributed by atoms with Gasteiger partial charge in [-0.05, 0) is 43.4 Å². The first kappa shape index (κ1) is 20.9. The molecule has 0 aliphatic rings. The van der Waals surface area contributed by atoms with E-state index in [4.69, 9.17) is 9.47 Å². The van der Waals surface area contributed by atoms with E-state index in [0.717, 1.165) is 43.4 Å². The normalized spacial score (nSPS) is 11.1. The number of benzene rings is 1. The van der Waals surface area contributed by atoms with Gasteiger partial charge in [-0.15, -0.1) is 6.58 Å². The summed E-state index contributed by atoms with van der Waals surface area (Å²) in [4.78, 5) is 6.55. The number of guanidine groups is 1. The summed E-state index contributed by atoms with van der Waals surface area (Å²) < 4.78 is 10.6. The van der Waals surface area contributed by atoms with Crippen LogP contribution in [0.2, 0.25) is 0 Å². The van der Waals surface area contributed by atoms with Crippen LogP contribution in [0.4, 0.5) is 0 Å². The summed E-state index contributed by atoms with van der Waals surface area (Å²) in [6.07, 6.45) is 7.58. The number of rotatable bonds is 11. The molecule has 0 heterocycles. The van der Waals surface area contributed by atoms with Crippen LogP contribution >= 0.6 is 0 Å². The molecule has 0 saturated heterocycles. The van der Waals surface area contributed by atoms with Gasteiger partial charge in [0.2, 0.25) is 0 Å². The summed E-state index contributed by atoms with van der Waals surface area (Å²) >= 11 is 0. The number of allylic oxidation sites excluding steroid dienone is 1. The van der Waals surface area contributed by atoms with Crippen molar-refractivity contribution < 1.29 is 9.47 Å². The van der Waals surface area contributed by atoms with Gasteiger partial charge in [-0.2, -0.15) is 0 Å². The minimum absolute atomic E-state index is 0.756. The zero-order valence-corrected chi connectivity index (χ0v) is 16.2. The minimum atomic E-state index is 0.756. The number of hydrogen-bond acceptors (Lipinski definition) is 3. The first-order valence-electron chi connectivity index (χ1n) is 8.89. The minimum Gasteiger partial charge on any atom is -0.493 e. The highest BCUT2D eigenvalue weighted by molar-refractivity contribution is 5.79. The van der Waals surface area contributed by atoms with Crippen molar-refractivity contribution in [2.45, 2.75) is 32.1 Å². The van der Waals surface area contributed by atoms with Crippen LogP contribution in [0, 0.1) is 0 Å².